The molecule has 1 fully saturated rings. The summed E-state index contributed by atoms with van der Waals surface area (Å²) < 4.78 is 0. The van der Waals surface area contributed by atoms with E-state index in [2.05, 4.69) is 26.5 Å². The van der Waals surface area contributed by atoms with Crippen LogP contribution in [0.4, 0.5) is 22.9 Å². The Balaban J connectivity index is 1.63. The molecule has 2 heterocycles. The SMILES string of the molecule is CONC(=O)c1cnc(NC(=O)C2CC2)cc1Nc1ccc2c(c1)N(C)NC2. The average Bonchev–Trinajstić information content (AvgIpc) is 3.47. The molecule has 0 radical (unpaired) electrons. The number of rotatable bonds is 6. The predicted octanol–water partition coefficient (Wildman–Crippen LogP) is 1.92. The van der Waals surface area contributed by atoms with Crippen molar-refractivity contribution in [3.8, 4) is 0 Å². The van der Waals surface area contributed by atoms with Crippen LogP contribution in [-0.4, -0.2) is 31.0 Å². The van der Waals surface area contributed by atoms with Crippen LogP contribution in [0.2, 0.25) is 0 Å². The van der Waals surface area contributed by atoms with Gasteiger partial charge in [-0.05, 0) is 30.5 Å². The maximum atomic E-state index is 12.3. The van der Waals surface area contributed by atoms with E-state index < -0.39 is 5.91 Å². The van der Waals surface area contributed by atoms with Gasteiger partial charge >= 0.3 is 0 Å². The van der Waals surface area contributed by atoms with Gasteiger partial charge in [-0.1, -0.05) is 6.07 Å². The second kappa shape index (κ2) is 7.45. The summed E-state index contributed by atoms with van der Waals surface area (Å²) in [6.07, 6.45) is 3.23. The number of amides is 2. The van der Waals surface area contributed by atoms with Gasteiger partial charge in [0.1, 0.15) is 5.82 Å². The lowest BCUT2D eigenvalue weighted by molar-refractivity contribution is -0.117. The van der Waals surface area contributed by atoms with Gasteiger partial charge in [-0.3, -0.25) is 14.4 Å². The Hall–Kier alpha value is -3.17. The maximum Gasteiger partial charge on any atom is 0.278 e. The number of carbonyl (C=O) groups excluding carboxylic acids is 2. The van der Waals surface area contributed by atoms with E-state index in [4.69, 9.17) is 4.84 Å². The van der Waals surface area contributed by atoms with Crippen molar-refractivity contribution in [2.24, 2.45) is 5.92 Å². The third-order valence-corrected chi connectivity index (χ3v) is 4.78. The molecule has 1 aromatic heterocycles. The summed E-state index contributed by atoms with van der Waals surface area (Å²) in [5.74, 6) is -0.0157. The predicted molar refractivity (Wildman–Crippen MR) is 105 cm³/mol. The molecule has 0 spiro atoms. The van der Waals surface area contributed by atoms with E-state index in [0.717, 1.165) is 30.8 Å². The Kier molecular flexibility index (Phi) is 4.84. The fourth-order valence-corrected chi connectivity index (χ4v) is 3.08. The number of aromatic nitrogens is 1. The van der Waals surface area contributed by atoms with Crippen LogP contribution in [0.25, 0.3) is 0 Å². The Morgan fingerprint density at radius 1 is 1.29 bits per heavy atom. The molecule has 1 aliphatic heterocycles. The molecule has 1 aliphatic carbocycles. The van der Waals surface area contributed by atoms with E-state index in [1.54, 1.807) is 6.07 Å². The van der Waals surface area contributed by atoms with E-state index in [1.807, 2.05) is 30.3 Å². The van der Waals surface area contributed by atoms with E-state index >= 15 is 0 Å². The first-order valence-corrected chi connectivity index (χ1v) is 9.06. The van der Waals surface area contributed by atoms with Crippen LogP contribution in [0.3, 0.4) is 0 Å². The Morgan fingerprint density at radius 2 is 2.11 bits per heavy atom. The van der Waals surface area contributed by atoms with Gasteiger partial charge in [0.05, 0.1) is 24.0 Å². The summed E-state index contributed by atoms with van der Waals surface area (Å²) >= 11 is 0. The highest BCUT2D eigenvalue weighted by Gasteiger charge is 2.30. The average molecular weight is 382 g/mol. The molecule has 4 N–H and O–H groups in total. The molecule has 146 valence electrons. The molecular formula is C19H22N6O3. The van der Waals surface area contributed by atoms with Crippen molar-refractivity contribution < 1.29 is 14.4 Å². The van der Waals surface area contributed by atoms with Crippen molar-refractivity contribution in [1.29, 1.82) is 0 Å². The monoisotopic (exact) mass is 382 g/mol. The molecule has 28 heavy (non-hydrogen) atoms. The molecule has 0 bridgehead atoms. The van der Waals surface area contributed by atoms with Crippen molar-refractivity contribution in [3.05, 3.63) is 41.6 Å². The third-order valence-electron chi connectivity index (χ3n) is 4.78. The zero-order chi connectivity index (χ0) is 19.7. The lowest BCUT2D eigenvalue weighted by Gasteiger charge is -2.16. The van der Waals surface area contributed by atoms with Crippen molar-refractivity contribution in [3.63, 3.8) is 0 Å². The van der Waals surface area contributed by atoms with E-state index in [9.17, 15) is 9.59 Å². The van der Waals surface area contributed by atoms with Crippen LogP contribution in [-0.2, 0) is 16.2 Å². The van der Waals surface area contributed by atoms with Crippen molar-refractivity contribution in [2.45, 2.75) is 19.4 Å². The number of benzene rings is 1. The summed E-state index contributed by atoms with van der Waals surface area (Å²) in [4.78, 5) is 33.3. The highest BCUT2D eigenvalue weighted by Crippen LogP contribution is 2.32. The van der Waals surface area contributed by atoms with Gasteiger partial charge in [-0.2, -0.15) is 0 Å². The molecule has 2 aliphatic rings. The van der Waals surface area contributed by atoms with Gasteiger partial charge in [0.2, 0.25) is 5.91 Å². The highest BCUT2D eigenvalue weighted by atomic mass is 16.6. The summed E-state index contributed by atoms with van der Waals surface area (Å²) in [6.45, 7) is 0.778. The molecule has 4 rings (SSSR count). The summed E-state index contributed by atoms with van der Waals surface area (Å²) in [7, 11) is 3.32. The Morgan fingerprint density at radius 3 is 2.86 bits per heavy atom. The second-order valence-corrected chi connectivity index (χ2v) is 6.88. The number of hydrogen-bond donors (Lipinski definition) is 4. The molecule has 9 heteroatoms. The topological polar surface area (TPSA) is 108 Å². The van der Waals surface area contributed by atoms with Crippen LogP contribution in [0, 0.1) is 5.92 Å². The minimum absolute atomic E-state index is 0.0437. The van der Waals surface area contributed by atoms with Gasteiger partial charge < -0.3 is 15.6 Å². The molecule has 0 unspecified atom stereocenters. The number of hydrogen-bond acceptors (Lipinski definition) is 7. The van der Waals surface area contributed by atoms with Crippen LogP contribution in [0.15, 0.2) is 30.5 Å². The van der Waals surface area contributed by atoms with Crippen LogP contribution >= 0.6 is 0 Å². The number of fused-ring (bicyclic) bond motifs is 1. The quantitative estimate of drug-likeness (QED) is 0.565. The minimum atomic E-state index is -0.433. The summed E-state index contributed by atoms with van der Waals surface area (Å²) in [5, 5.41) is 8.02. The van der Waals surface area contributed by atoms with E-state index in [0.29, 0.717) is 17.1 Å². The first kappa shape index (κ1) is 18.2. The highest BCUT2D eigenvalue weighted by molar-refractivity contribution is 6.01. The number of hydrazine groups is 1. The fourth-order valence-electron chi connectivity index (χ4n) is 3.08. The number of nitrogens with zero attached hydrogens (tertiary/aromatic N) is 2. The lowest BCUT2D eigenvalue weighted by atomic mass is 10.1. The van der Waals surface area contributed by atoms with Crippen molar-refractivity contribution in [2.75, 3.05) is 29.8 Å². The lowest BCUT2D eigenvalue weighted by Crippen LogP contribution is -2.26. The normalized spacial score (nSPS) is 15.1. The van der Waals surface area contributed by atoms with E-state index in [1.165, 1.54) is 18.9 Å². The van der Waals surface area contributed by atoms with Crippen LogP contribution in [0.1, 0.15) is 28.8 Å². The number of pyridine rings is 1. The fraction of sp³-hybridized carbons (Fsp3) is 0.316. The van der Waals surface area contributed by atoms with Gasteiger partial charge in [0.15, 0.2) is 0 Å². The number of nitrogens with one attached hydrogen (secondary N) is 4. The zero-order valence-electron chi connectivity index (χ0n) is 15.7. The zero-order valence-corrected chi connectivity index (χ0v) is 15.7. The molecular weight excluding hydrogens is 360 g/mol. The second-order valence-electron chi connectivity index (χ2n) is 6.88. The molecule has 9 nitrogen and oxygen atoms in total. The van der Waals surface area contributed by atoms with Crippen LogP contribution < -0.4 is 26.5 Å². The smallest absolute Gasteiger partial charge is 0.278 e. The van der Waals surface area contributed by atoms with Crippen LogP contribution in [0.5, 0.6) is 0 Å². The first-order chi connectivity index (χ1) is 13.5. The largest absolute Gasteiger partial charge is 0.355 e. The molecule has 0 atom stereocenters. The first-order valence-electron chi connectivity index (χ1n) is 9.06. The van der Waals surface area contributed by atoms with Crippen molar-refractivity contribution >= 4 is 34.7 Å². The molecule has 0 saturated heterocycles. The standard InChI is InChI=1S/C19H22N6O3/c1-25-16-7-13(6-5-12(16)9-21-25)22-15-8-17(23-18(26)11-3-4-11)20-10-14(15)19(27)24-28-2/h5-8,10-11,21H,3-4,9H2,1-2H3,(H,24,27)(H2,20,22,23,26). The van der Waals surface area contributed by atoms with Gasteiger partial charge in [0, 0.05) is 37.5 Å². The van der Waals surface area contributed by atoms with Gasteiger partial charge in [-0.25, -0.2) is 15.9 Å². The molecule has 1 saturated carbocycles. The Bertz CT molecular complexity index is 928. The summed E-state index contributed by atoms with van der Waals surface area (Å²) in [6, 6.07) is 7.62. The minimum Gasteiger partial charge on any atom is -0.355 e. The maximum absolute atomic E-state index is 12.3. The van der Waals surface area contributed by atoms with Crippen molar-refractivity contribution in [1.82, 2.24) is 15.9 Å². The summed E-state index contributed by atoms with van der Waals surface area (Å²) in [5.41, 5.74) is 9.42. The van der Waals surface area contributed by atoms with Gasteiger partial charge in [0.25, 0.3) is 5.91 Å². The number of carbonyl (C=O) groups is 2. The molecule has 1 aromatic carbocycles. The van der Waals surface area contributed by atoms with Gasteiger partial charge in [-0.15, -0.1) is 0 Å². The molecule has 2 amide bonds. The molecule has 2 aromatic rings. The Labute approximate surface area is 162 Å². The number of hydroxylamine groups is 1. The number of anilines is 4. The van der Waals surface area contributed by atoms with E-state index in [-0.39, 0.29) is 11.8 Å². The third kappa shape index (κ3) is 3.75.